The first kappa shape index (κ1) is 10.9. The number of ether oxygens (including phenoxy) is 1. The highest BCUT2D eigenvalue weighted by atomic mass is 35.5. The maximum atomic E-state index is 13.3. The molecule has 0 saturated carbocycles. The number of fused-ring (bicyclic) bond motifs is 1. The molecule has 84 valence electrons. The molecule has 0 amide bonds. The fourth-order valence-corrected chi connectivity index (χ4v) is 1.65. The number of hydrogen-bond donors (Lipinski definition) is 1. The van der Waals surface area contributed by atoms with Gasteiger partial charge in [-0.25, -0.2) is 13.6 Å². The second-order valence-electron chi connectivity index (χ2n) is 3.12. The van der Waals surface area contributed by atoms with Crippen LogP contribution < -0.4 is 0 Å². The molecule has 2 aromatic rings. The maximum absolute atomic E-state index is 13.3. The van der Waals surface area contributed by atoms with Crippen molar-refractivity contribution in [3.05, 3.63) is 34.5 Å². The first-order valence-corrected chi connectivity index (χ1v) is 4.67. The van der Waals surface area contributed by atoms with E-state index in [4.69, 9.17) is 11.6 Å². The summed E-state index contributed by atoms with van der Waals surface area (Å²) in [4.78, 5) is 13.6. The lowest BCUT2D eigenvalue weighted by molar-refractivity contribution is 0.0595. The molecule has 0 radical (unpaired) electrons. The molecular formula is C10H6ClF2NO2. The van der Waals surface area contributed by atoms with E-state index >= 15 is 0 Å². The minimum Gasteiger partial charge on any atom is -0.464 e. The third kappa shape index (κ3) is 1.53. The number of carbonyl (C=O) groups is 1. The number of hydrogen-bond acceptors (Lipinski definition) is 2. The molecule has 1 heterocycles. The lowest BCUT2D eigenvalue weighted by atomic mass is 10.2. The summed E-state index contributed by atoms with van der Waals surface area (Å²) >= 11 is 5.72. The fraction of sp³-hybridized carbons (Fsp3) is 0.100. The third-order valence-electron chi connectivity index (χ3n) is 2.16. The normalized spacial score (nSPS) is 10.8. The SMILES string of the molecule is COC(=O)c1cc2c(Cl)cc(F)c(F)c2[nH]1. The Hall–Kier alpha value is -1.62. The molecule has 16 heavy (non-hydrogen) atoms. The van der Waals surface area contributed by atoms with E-state index in [-0.39, 0.29) is 21.6 Å². The van der Waals surface area contributed by atoms with Gasteiger partial charge in [0.1, 0.15) is 5.69 Å². The van der Waals surface area contributed by atoms with Gasteiger partial charge < -0.3 is 9.72 Å². The van der Waals surface area contributed by atoms with Crippen molar-refractivity contribution >= 4 is 28.5 Å². The molecule has 6 heteroatoms. The van der Waals surface area contributed by atoms with Crippen LogP contribution in [0.2, 0.25) is 5.02 Å². The van der Waals surface area contributed by atoms with Crippen LogP contribution in [-0.4, -0.2) is 18.1 Å². The van der Waals surface area contributed by atoms with E-state index in [0.717, 1.165) is 6.07 Å². The van der Waals surface area contributed by atoms with Gasteiger partial charge in [0.2, 0.25) is 0 Å². The third-order valence-corrected chi connectivity index (χ3v) is 2.48. The minimum atomic E-state index is -1.07. The van der Waals surface area contributed by atoms with E-state index in [9.17, 15) is 13.6 Å². The van der Waals surface area contributed by atoms with Crippen molar-refractivity contribution < 1.29 is 18.3 Å². The summed E-state index contributed by atoms with van der Waals surface area (Å²) in [6, 6.07) is 2.17. The molecule has 0 unspecified atom stereocenters. The Balaban J connectivity index is 2.74. The van der Waals surface area contributed by atoms with Crippen molar-refractivity contribution in [2.24, 2.45) is 0 Å². The van der Waals surface area contributed by atoms with Crippen LogP contribution in [0.4, 0.5) is 8.78 Å². The van der Waals surface area contributed by atoms with Crippen LogP contribution in [0.25, 0.3) is 10.9 Å². The number of halogens is 3. The number of methoxy groups -OCH3 is 1. The van der Waals surface area contributed by atoms with Crippen molar-refractivity contribution in [1.29, 1.82) is 0 Å². The zero-order chi connectivity index (χ0) is 11.9. The van der Waals surface area contributed by atoms with Gasteiger partial charge in [0.05, 0.1) is 17.6 Å². The number of carbonyl (C=O) groups excluding carboxylic acids is 1. The number of rotatable bonds is 1. The summed E-state index contributed by atoms with van der Waals surface area (Å²) < 4.78 is 30.8. The van der Waals surface area contributed by atoms with E-state index in [2.05, 4.69) is 9.72 Å². The average Bonchev–Trinajstić information content (AvgIpc) is 2.70. The molecule has 1 aromatic heterocycles. The summed E-state index contributed by atoms with van der Waals surface area (Å²) in [7, 11) is 1.19. The molecule has 0 saturated heterocycles. The van der Waals surface area contributed by atoms with Crippen LogP contribution in [0, 0.1) is 11.6 Å². The van der Waals surface area contributed by atoms with Gasteiger partial charge in [-0.2, -0.15) is 0 Å². The van der Waals surface area contributed by atoms with E-state index in [1.807, 2.05) is 0 Å². The van der Waals surface area contributed by atoms with Gasteiger partial charge in [-0.3, -0.25) is 0 Å². The monoisotopic (exact) mass is 245 g/mol. The molecule has 0 spiro atoms. The molecule has 3 nitrogen and oxygen atoms in total. The zero-order valence-electron chi connectivity index (χ0n) is 8.11. The Morgan fingerprint density at radius 3 is 2.75 bits per heavy atom. The second-order valence-corrected chi connectivity index (χ2v) is 3.52. The second kappa shape index (κ2) is 3.75. The summed E-state index contributed by atoms with van der Waals surface area (Å²) in [5.41, 5.74) is -0.130. The number of H-pyrrole nitrogens is 1. The predicted octanol–water partition coefficient (Wildman–Crippen LogP) is 2.89. The Morgan fingerprint density at radius 2 is 2.12 bits per heavy atom. The van der Waals surface area contributed by atoms with Gasteiger partial charge in [0.15, 0.2) is 11.6 Å². The largest absolute Gasteiger partial charge is 0.464 e. The Labute approximate surface area is 94.0 Å². The highest BCUT2D eigenvalue weighted by Gasteiger charge is 2.17. The van der Waals surface area contributed by atoms with Crippen LogP contribution in [-0.2, 0) is 4.74 Å². The fourth-order valence-electron chi connectivity index (χ4n) is 1.41. The molecule has 0 bridgehead atoms. The van der Waals surface area contributed by atoms with Gasteiger partial charge in [0, 0.05) is 5.39 Å². The summed E-state index contributed by atoms with van der Waals surface area (Å²) in [6.07, 6.45) is 0. The van der Waals surface area contributed by atoms with E-state index in [0.29, 0.717) is 0 Å². The summed E-state index contributed by atoms with van der Waals surface area (Å²) in [6.45, 7) is 0. The van der Waals surface area contributed by atoms with Crippen molar-refractivity contribution in [3.8, 4) is 0 Å². The zero-order valence-corrected chi connectivity index (χ0v) is 8.86. The molecule has 0 aliphatic heterocycles. The molecular weight excluding hydrogens is 240 g/mol. The van der Waals surface area contributed by atoms with Crippen LogP contribution in [0.3, 0.4) is 0 Å². The van der Waals surface area contributed by atoms with Gasteiger partial charge in [-0.1, -0.05) is 11.6 Å². The molecule has 1 aromatic carbocycles. The smallest absolute Gasteiger partial charge is 0.354 e. The number of aromatic amines is 1. The lowest BCUT2D eigenvalue weighted by Gasteiger charge is -1.96. The Bertz CT molecular complexity index is 580. The molecule has 2 rings (SSSR count). The summed E-state index contributed by atoms with van der Waals surface area (Å²) in [5.74, 6) is -2.82. The molecule has 0 atom stereocenters. The van der Waals surface area contributed by atoms with E-state index < -0.39 is 17.6 Å². The predicted molar refractivity (Wildman–Crippen MR) is 54.6 cm³/mol. The Morgan fingerprint density at radius 1 is 1.44 bits per heavy atom. The van der Waals surface area contributed by atoms with Crippen LogP contribution in [0.1, 0.15) is 10.5 Å². The number of esters is 1. The molecule has 0 fully saturated rings. The first-order chi connectivity index (χ1) is 7.54. The van der Waals surface area contributed by atoms with Crippen LogP contribution >= 0.6 is 11.6 Å². The number of nitrogens with one attached hydrogen (secondary N) is 1. The van der Waals surface area contributed by atoms with Gasteiger partial charge in [-0.15, -0.1) is 0 Å². The van der Waals surface area contributed by atoms with Gasteiger partial charge in [0.25, 0.3) is 0 Å². The topological polar surface area (TPSA) is 42.1 Å². The number of aromatic nitrogens is 1. The molecule has 0 aliphatic carbocycles. The minimum absolute atomic E-state index is 0.0175. The van der Waals surface area contributed by atoms with E-state index in [1.165, 1.54) is 13.2 Å². The quantitative estimate of drug-likeness (QED) is 0.620. The van der Waals surface area contributed by atoms with Crippen molar-refractivity contribution in [3.63, 3.8) is 0 Å². The highest BCUT2D eigenvalue weighted by Crippen LogP contribution is 2.28. The van der Waals surface area contributed by atoms with E-state index in [1.54, 1.807) is 0 Å². The summed E-state index contributed by atoms with van der Waals surface area (Å²) in [5, 5.41) is 0.265. The highest BCUT2D eigenvalue weighted by molar-refractivity contribution is 6.35. The molecule has 0 aliphatic rings. The number of benzene rings is 1. The van der Waals surface area contributed by atoms with Crippen molar-refractivity contribution in [1.82, 2.24) is 4.98 Å². The molecule has 1 N–H and O–H groups in total. The van der Waals surface area contributed by atoms with Crippen LogP contribution in [0.5, 0.6) is 0 Å². The first-order valence-electron chi connectivity index (χ1n) is 4.29. The van der Waals surface area contributed by atoms with Crippen molar-refractivity contribution in [2.45, 2.75) is 0 Å². The maximum Gasteiger partial charge on any atom is 0.354 e. The van der Waals surface area contributed by atoms with Gasteiger partial charge >= 0.3 is 5.97 Å². The van der Waals surface area contributed by atoms with Gasteiger partial charge in [-0.05, 0) is 12.1 Å². The lowest BCUT2D eigenvalue weighted by Crippen LogP contribution is -2.00. The standard InChI is InChI=1S/C10H6ClF2NO2/c1-16-10(15)7-2-4-5(11)3-6(12)8(13)9(4)14-7/h2-3,14H,1H3. The van der Waals surface area contributed by atoms with Crippen LogP contribution in [0.15, 0.2) is 12.1 Å². The average molecular weight is 246 g/mol. The Kier molecular flexibility index (Phi) is 2.55. The van der Waals surface area contributed by atoms with Crippen molar-refractivity contribution in [2.75, 3.05) is 7.11 Å².